The zero-order valence-corrected chi connectivity index (χ0v) is 16.2. The summed E-state index contributed by atoms with van der Waals surface area (Å²) in [4.78, 5) is 0. The van der Waals surface area contributed by atoms with E-state index >= 15 is 0 Å². The van der Waals surface area contributed by atoms with Crippen LogP contribution in [0.3, 0.4) is 0 Å². The first-order valence-electron chi connectivity index (χ1n) is 9.01. The Morgan fingerprint density at radius 3 is 2.12 bits per heavy atom. The van der Waals surface area contributed by atoms with Crippen molar-refractivity contribution in [3.05, 3.63) is 60.2 Å². The van der Waals surface area contributed by atoms with Crippen molar-refractivity contribution in [2.75, 3.05) is 0 Å². The van der Waals surface area contributed by atoms with Gasteiger partial charge in [0.1, 0.15) is 0 Å². The summed E-state index contributed by atoms with van der Waals surface area (Å²) in [6, 6.07) is 19.6. The lowest BCUT2D eigenvalue weighted by atomic mass is 9.95. The van der Waals surface area contributed by atoms with Crippen molar-refractivity contribution in [1.29, 1.82) is 0 Å². The Morgan fingerprint density at radius 2 is 1.52 bits per heavy atom. The predicted octanol–water partition coefficient (Wildman–Crippen LogP) is 4.85. The summed E-state index contributed by atoms with van der Waals surface area (Å²) < 4.78 is 0. The van der Waals surface area contributed by atoms with Crippen molar-refractivity contribution in [2.24, 2.45) is 5.92 Å². The molecule has 3 rings (SSSR count). The van der Waals surface area contributed by atoms with E-state index in [2.05, 4.69) is 74.6 Å². The van der Waals surface area contributed by atoms with Crippen LogP contribution in [0.4, 0.5) is 0 Å². The van der Waals surface area contributed by atoms with Crippen LogP contribution in [0.5, 0.6) is 0 Å². The lowest BCUT2D eigenvalue weighted by molar-refractivity contribution is 0.133. The fraction of sp³-hybridized carbons (Fsp3) is 0.455. The minimum Gasteiger partial charge on any atom is -0.391 e. The average molecular weight is 360 g/mol. The van der Waals surface area contributed by atoms with Gasteiger partial charge in [0.05, 0.1) is 6.10 Å². The first-order chi connectivity index (χ1) is 11.4. The molecule has 0 heterocycles. The summed E-state index contributed by atoms with van der Waals surface area (Å²) in [5.74, 6) is 0.558. The lowest BCUT2D eigenvalue weighted by Gasteiger charge is -2.27. The second kappa shape index (κ2) is 8.35. The Kier molecular flexibility index (Phi) is 6.67. The minimum atomic E-state index is -0.224. The van der Waals surface area contributed by atoms with Crippen LogP contribution in [0, 0.1) is 5.92 Å². The zero-order chi connectivity index (χ0) is 17.2. The van der Waals surface area contributed by atoms with E-state index in [9.17, 15) is 5.11 Å². The largest absolute Gasteiger partial charge is 0.391 e. The SMILES string of the molecule is CC(C)(C)N[C@H]1C[C@@H](Cc2ccc(-c3ccccc3)cc2)C[C@H]1O.Cl. The summed E-state index contributed by atoms with van der Waals surface area (Å²) in [5, 5.41) is 13.9. The Bertz CT molecular complexity index is 648. The summed E-state index contributed by atoms with van der Waals surface area (Å²) >= 11 is 0. The maximum Gasteiger partial charge on any atom is 0.0696 e. The van der Waals surface area contributed by atoms with Gasteiger partial charge in [-0.15, -0.1) is 12.4 Å². The number of aliphatic hydroxyl groups excluding tert-OH is 1. The van der Waals surface area contributed by atoms with Gasteiger partial charge in [0, 0.05) is 11.6 Å². The van der Waals surface area contributed by atoms with Gasteiger partial charge in [0.25, 0.3) is 0 Å². The molecule has 1 saturated carbocycles. The summed E-state index contributed by atoms with van der Waals surface area (Å²) in [6.45, 7) is 6.49. The van der Waals surface area contributed by atoms with E-state index in [0.29, 0.717) is 5.92 Å². The van der Waals surface area contributed by atoms with Crippen molar-refractivity contribution in [3.8, 4) is 11.1 Å². The number of hydrogen-bond donors (Lipinski definition) is 2. The van der Waals surface area contributed by atoms with Gasteiger partial charge in [-0.2, -0.15) is 0 Å². The summed E-state index contributed by atoms with van der Waals surface area (Å²) in [6.07, 6.45) is 2.78. The Morgan fingerprint density at radius 1 is 0.920 bits per heavy atom. The number of hydrogen-bond acceptors (Lipinski definition) is 2. The van der Waals surface area contributed by atoms with Gasteiger partial charge in [-0.3, -0.25) is 0 Å². The average Bonchev–Trinajstić information content (AvgIpc) is 2.86. The molecule has 0 spiro atoms. The van der Waals surface area contributed by atoms with Gasteiger partial charge in [-0.25, -0.2) is 0 Å². The first-order valence-corrected chi connectivity index (χ1v) is 9.01. The summed E-state index contributed by atoms with van der Waals surface area (Å²) in [7, 11) is 0. The molecule has 0 aliphatic heterocycles. The third-order valence-corrected chi connectivity index (χ3v) is 4.83. The van der Waals surface area contributed by atoms with Crippen LogP contribution in [0.15, 0.2) is 54.6 Å². The molecule has 3 heteroatoms. The second-order valence-corrected chi connectivity index (χ2v) is 8.17. The molecule has 0 amide bonds. The Labute approximate surface area is 158 Å². The maximum atomic E-state index is 10.3. The van der Waals surface area contributed by atoms with Crippen molar-refractivity contribution >= 4 is 12.4 Å². The molecule has 1 aliphatic rings. The lowest BCUT2D eigenvalue weighted by Crippen LogP contribution is -2.47. The van der Waals surface area contributed by atoms with Crippen LogP contribution >= 0.6 is 12.4 Å². The highest BCUT2D eigenvalue weighted by molar-refractivity contribution is 5.85. The van der Waals surface area contributed by atoms with Gasteiger partial charge in [0.2, 0.25) is 0 Å². The van der Waals surface area contributed by atoms with Gasteiger partial charge >= 0.3 is 0 Å². The van der Waals surface area contributed by atoms with E-state index in [-0.39, 0.29) is 30.1 Å². The van der Waals surface area contributed by atoms with E-state index in [1.165, 1.54) is 16.7 Å². The quantitative estimate of drug-likeness (QED) is 0.818. The molecule has 0 saturated heterocycles. The number of benzene rings is 2. The molecule has 0 bridgehead atoms. The van der Waals surface area contributed by atoms with Gasteiger partial charge in [-0.05, 0) is 62.6 Å². The highest BCUT2D eigenvalue weighted by Crippen LogP contribution is 2.31. The highest BCUT2D eigenvalue weighted by atomic mass is 35.5. The third-order valence-electron chi connectivity index (χ3n) is 4.83. The van der Waals surface area contributed by atoms with Crippen LogP contribution < -0.4 is 5.32 Å². The Balaban J connectivity index is 0.00000225. The molecule has 25 heavy (non-hydrogen) atoms. The number of halogens is 1. The highest BCUT2D eigenvalue weighted by Gasteiger charge is 2.34. The van der Waals surface area contributed by atoms with Gasteiger partial charge in [0.15, 0.2) is 0 Å². The standard InChI is InChI=1S/C22H29NO.ClH/c1-22(2,3)23-20-14-17(15-21(20)24)13-16-9-11-19(12-10-16)18-7-5-4-6-8-18;/h4-12,17,20-21,23-24H,13-15H2,1-3H3;1H/t17-,20+,21-;/m1./s1. The molecule has 2 N–H and O–H groups in total. The molecule has 1 fully saturated rings. The van der Waals surface area contributed by atoms with Crippen LogP contribution in [-0.4, -0.2) is 22.8 Å². The van der Waals surface area contributed by atoms with E-state index in [0.717, 1.165) is 19.3 Å². The monoisotopic (exact) mass is 359 g/mol. The Hall–Kier alpha value is -1.35. The normalized spacial score (nSPS) is 23.3. The number of aliphatic hydroxyl groups is 1. The molecule has 2 aromatic rings. The molecule has 3 atom stereocenters. The minimum absolute atomic E-state index is 0. The van der Waals surface area contributed by atoms with Crippen molar-refractivity contribution in [1.82, 2.24) is 5.32 Å². The maximum absolute atomic E-state index is 10.3. The topological polar surface area (TPSA) is 32.3 Å². The van der Waals surface area contributed by atoms with Gasteiger partial charge in [-0.1, -0.05) is 54.6 Å². The molecule has 0 radical (unpaired) electrons. The van der Waals surface area contributed by atoms with Crippen LogP contribution in [0.2, 0.25) is 0 Å². The molecular formula is C22H30ClNO. The van der Waals surface area contributed by atoms with Crippen LogP contribution in [0.1, 0.15) is 39.2 Å². The van der Waals surface area contributed by atoms with Gasteiger partial charge < -0.3 is 10.4 Å². The first kappa shape index (κ1) is 20.0. The molecule has 0 aromatic heterocycles. The molecule has 2 aromatic carbocycles. The van der Waals surface area contributed by atoms with E-state index in [1.54, 1.807) is 0 Å². The van der Waals surface area contributed by atoms with E-state index in [4.69, 9.17) is 0 Å². The fourth-order valence-corrected chi connectivity index (χ4v) is 3.79. The number of rotatable bonds is 4. The van der Waals surface area contributed by atoms with Crippen molar-refractivity contribution in [2.45, 2.75) is 57.7 Å². The number of nitrogens with one attached hydrogen (secondary N) is 1. The van der Waals surface area contributed by atoms with Crippen LogP contribution in [-0.2, 0) is 6.42 Å². The van der Waals surface area contributed by atoms with Crippen LogP contribution in [0.25, 0.3) is 11.1 Å². The predicted molar refractivity (Wildman–Crippen MR) is 108 cm³/mol. The molecule has 0 unspecified atom stereocenters. The van der Waals surface area contributed by atoms with Crippen molar-refractivity contribution < 1.29 is 5.11 Å². The molecule has 136 valence electrons. The van der Waals surface area contributed by atoms with Crippen molar-refractivity contribution in [3.63, 3.8) is 0 Å². The molecular weight excluding hydrogens is 330 g/mol. The fourth-order valence-electron chi connectivity index (χ4n) is 3.79. The summed E-state index contributed by atoms with van der Waals surface area (Å²) in [5.41, 5.74) is 3.94. The van der Waals surface area contributed by atoms with E-state index in [1.807, 2.05) is 6.07 Å². The zero-order valence-electron chi connectivity index (χ0n) is 15.4. The second-order valence-electron chi connectivity index (χ2n) is 8.17. The molecule has 1 aliphatic carbocycles. The smallest absolute Gasteiger partial charge is 0.0696 e. The third kappa shape index (κ3) is 5.57. The van der Waals surface area contributed by atoms with E-state index < -0.39 is 0 Å². The molecule has 2 nitrogen and oxygen atoms in total.